The van der Waals surface area contributed by atoms with Gasteiger partial charge in [0.1, 0.15) is 23.4 Å². The van der Waals surface area contributed by atoms with Crippen LogP contribution in [0.5, 0.6) is 5.88 Å². The normalized spacial score (nSPS) is 16.5. The van der Waals surface area contributed by atoms with Gasteiger partial charge in [-0.15, -0.1) is 0 Å². The summed E-state index contributed by atoms with van der Waals surface area (Å²) in [5.41, 5.74) is 0.831. The molecule has 33 heavy (non-hydrogen) atoms. The molecule has 0 saturated carbocycles. The molecule has 170 valence electrons. The van der Waals surface area contributed by atoms with E-state index in [2.05, 4.69) is 15.1 Å². The summed E-state index contributed by atoms with van der Waals surface area (Å²) in [6, 6.07) is 4.18. The molecule has 0 aliphatic carbocycles. The van der Waals surface area contributed by atoms with E-state index in [0.717, 1.165) is 5.56 Å². The number of nitrogens with zero attached hydrogens (tertiary/aromatic N) is 6. The van der Waals surface area contributed by atoms with Crippen LogP contribution in [0, 0.1) is 12.7 Å². The van der Waals surface area contributed by atoms with Gasteiger partial charge in [0.25, 0.3) is 5.56 Å². The van der Waals surface area contributed by atoms with E-state index in [0.29, 0.717) is 25.5 Å². The Kier molecular flexibility index (Phi) is 5.26. The second-order valence-electron chi connectivity index (χ2n) is 7.88. The molecule has 0 spiro atoms. The van der Waals surface area contributed by atoms with Crippen molar-refractivity contribution < 1.29 is 14.2 Å². The van der Waals surface area contributed by atoms with Crippen molar-refractivity contribution in [3.8, 4) is 17.1 Å². The van der Waals surface area contributed by atoms with Crippen LogP contribution in [-0.4, -0.2) is 49.0 Å². The van der Waals surface area contributed by atoms with E-state index in [-0.39, 0.29) is 33.6 Å². The molecule has 5 rings (SSSR count). The second-order valence-corrected chi connectivity index (χ2v) is 8.32. The zero-order valence-corrected chi connectivity index (χ0v) is 18.6. The molecular formula is C22H20ClFN6O3. The summed E-state index contributed by atoms with van der Waals surface area (Å²) in [5, 5.41) is 14.6. The van der Waals surface area contributed by atoms with Crippen LogP contribution in [0.1, 0.15) is 17.2 Å². The molecule has 4 heterocycles. The SMILES string of the molecule is Cc1c(O)nc2c(-c3ccc(Cl)cc3F)nc(N3CCO[C@@H](c4cnn(C)c4)C3)cn2c1=O. The lowest BCUT2D eigenvalue weighted by Crippen LogP contribution is -2.39. The Morgan fingerprint density at radius 2 is 2.09 bits per heavy atom. The molecular weight excluding hydrogens is 451 g/mol. The largest absolute Gasteiger partial charge is 0.493 e. The number of hydrogen-bond acceptors (Lipinski definition) is 7. The minimum Gasteiger partial charge on any atom is -0.493 e. The number of morpholine rings is 1. The first-order chi connectivity index (χ1) is 15.8. The fraction of sp³-hybridized carbons (Fsp3) is 0.273. The third-order valence-corrected chi connectivity index (χ3v) is 5.91. The molecule has 0 bridgehead atoms. The van der Waals surface area contributed by atoms with Crippen LogP contribution in [0.25, 0.3) is 16.9 Å². The average Bonchev–Trinajstić information content (AvgIpc) is 3.24. The number of anilines is 1. The van der Waals surface area contributed by atoms with E-state index in [1.807, 2.05) is 18.1 Å². The standard InChI is InChI=1S/C22H20ClFN6O3/c1-12-21(31)27-20-19(15-4-3-14(23)7-16(15)24)26-18(11-30(20)22(12)32)29-5-6-33-17(10-29)13-8-25-28(2)9-13/h3-4,7-9,11,17,31H,5-6,10H2,1-2H3/t17-/m1/s1. The molecule has 3 aromatic heterocycles. The third-order valence-electron chi connectivity index (χ3n) is 5.67. The Morgan fingerprint density at radius 1 is 1.27 bits per heavy atom. The Bertz CT molecular complexity index is 1440. The molecule has 1 aliphatic rings. The number of fused-ring (bicyclic) bond motifs is 1. The van der Waals surface area contributed by atoms with Crippen LogP contribution >= 0.6 is 11.6 Å². The predicted molar refractivity (Wildman–Crippen MR) is 120 cm³/mol. The number of benzene rings is 1. The van der Waals surface area contributed by atoms with Crippen LogP contribution in [0.3, 0.4) is 0 Å². The van der Waals surface area contributed by atoms with Crippen molar-refractivity contribution in [3.63, 3.8) is 0 Å². The first kappa shape index (κ1) is 21.4. The van der Waals surface area contributed by atoms with Crippen molar-refractivity contribution in [1.82, 2.24) is 24.1 Å². The van der Waals surface area contributed by atoms with E-state index < -0.39 is 17.3 Å². The summed E-state index contributed by atoms with van der Waals surface area (Å²) in [4.78, 5) is 23.7. The lowest BCUT2D eigenvalue weighted by Gasteiger charge is -2.33. The highest BCUT2D eigenvalue weighted by Gasteiger charge is 2.26. The zero-order valence-electron chi connectivity index (χ0n) is 17.9. The van der Waals surface area contributed by atoms with Gasteiger partial charge in [0.05, 0.1) is 31.1 Å². The minimum atomic E-state index is -0.612. The van der Waals surface area contributed by atoms with Crippen LogP contribution < -0.4 is 10.5 Å². The van der Waals surface area contributed by atoms with Gasteiger partial charge < -0.3 is 14.7 Å². The molecule has 1 N–H and O–H groups in total. The number of aromatic nitrogens is 5. The topological polar surface area (TPSA) is 97.8 Å². The smallest absolute Gasteiger partial charge is 0.264 e. The molecule has 0 radical (unpaired) electrons. The van der Waals surface area contributed by atoms with E-state index >= 15 is 0 Å². The Hall–Kier alpha value is -3.50. The molecule has 1 atom stereocenters. The number of aromatic hydroxyl groups is 1. The van der Waals surface area contributed by atoms with Gasteiger partial charge in [-0.25, -0.2) is 9.37 Å². The fourth-order valence-corrected chi connectivity index (χ4v) is 4.05. The summed E-state index contributed by atoms with van der Waals surface area (Å²) in [6.07, 6.45) is 4.95. The lowest BCUT2D eigenvalue weighted by molar-refractivity contribution is 0.0394. The van der Waals surface area contributed by atoms with Gasteiger partial charge in [-0.05, 0) is 25.1 Å². The van der Waals surface area contributed by atoms with Gasteiger partial charge in [0.15, 0.2) is 5.65 Å². The van der Waals surface area contributed by atoms with E-state index in [1.54, 1.807) is 17.1 Å². The van der Waals surface area contributed by atoms with Gasteiger partial charge in [-0.2, -0.15) is 10.1 Å². The summed E-state index contributed by atoms with van der Waals surface area (Å²) < 4.78 is 23.8. The second kappa shape index (κ2) is 8.13. The maximum absolute atomic E-state index is 14.9. The van der Waals surface area contributed by atoms with Crippen molar-refractivity contribution in [2.24, 2.45) is 7.05 Å². The lowest BCUT2D eigenvalue weighted by atomic mass is 10.1. The minimum absolute atomic E-state index is 0.0464. The van der Waals surface area contributed by atoms with Crippen molar-refractivity contribution in [2.45, 2.75) is 13.0 Å². The summed E-state index contributed by atoms with van der Waals surface area (Å²) in [5.74, 6) is -0.579. The van der Waals surface area contributed by atoms with E-state index in [4.69, 9.17) is 16.3 Å². The molecule has 4 aromatic rings. The fourth-order valence-electron chi connectivity index (χ4n) is 3.89. The predicted octanol–water partition coefficient (Wildman–Crippen LogP) is 2.87. The van der Waals surface area contributed by atoms with Crippen molar-refractivity contribution in [1.29, 1.82) is 0 Å². The number of rotatable bonds is 3. The molecule has 9 nitrogen and oxygen atoms in total. The molecule has 0 amide bonds. The summed E-state index contributed by atoms with van der Waals surface area (Å²) in [7, 11) is 1.83. The van der Waals surface area contributed by atoms with Gasteiger partial charge in [-0.3, -0.25) is 13.9 Å². The monoisotopic (exact) mass is 470 g/mol. The van der Waals surface area contributed by atoms with Crippen molar-refractivity contribution >= 4 is 23.1 Å². The number of aryl methyl sites for hydroxylation is 1. The van der Waals surface area contributed by atoms with Crippen LogP contribution in [-0.2, 0) is 11.8 Å². The van der Waals surface area contributed by atoms with E-state index in [1.165, 1.54) is 29.5 Å². The molecule has 0 unspecified atom stereocenters. The molecule has 1 aromatic carbocycles. The van der Waals surface area contributed by atoms with Gasteiger partial charge >= 0.3 is 0 Å². The maximum atomic E-state index is 14.9. The molecule has 11 heteroatoms. The molecule has 1 aliphatic heterocycles. The Labute approximate surface area is 192 Å². The van der Waals surface area contributed by atoms with Crippen molar-refractivity contribution in [2.75, 3.05) is 24.6 Å². The first-order valence-electron chi connectivity index (χ1n) is 10.3. The number of halogens is 2. The quantitative estimate of drug-likeness (QED) is 0.491. The highest BCUT2D eigenvalue weighted by atomic mass is 35.5. The van der Waals surface area contributed by atoms with Crippen molar-refractivity contribution in [3.05, 3.63) is 69.1 Å². The molecule has 1 fully saturated rings. The summed E-state index contributed by atoms with van der Waals surface area (Å²) in [6.45, 7) is 2.90. The zero-order chi connectivity index (χ0) is 23.3. The third kappa shape index (κ3) is 3.81. The number of hydrogen-bond donors (Lipinski definition) is 1. The van der Waals surface area contributed by atoms with Gasteiger partial charge in [0.2, 0.25) is 5.88 Å². The number of ether oxygens (including phenoxy) is 1. The van der Waals surface area contributed by atoms with Crippen LogP contribution in [0.2, 0.25) is 5.02 Å². The Morgan fingerprint density at radius 3 is 2.82 bits per heavy atom. The maximum Gasteiger partial charge on any atom is 0.264 e. The van der Waals surface area contributed by atoms with Crippen LogP contribution in [0.15, 0.2) is 41.6 Å². The van der Waals surface area contributed by atoms with Gasteiger partial charge in [-0.1, -0.05) is 11.6 Å². The van der Waals surface area contributed by atoms with Crippen LogP contribution in [0.4, 0.5) is 10.2 Å². The molecule has 1 saturated heterocycles. The van der Waals surface area contributed by atoms with E-state index in [9.17, 15) is 14.3 Å². The highest BCUT2D eigenvalue weighted by Crippen LogP contribution is 2.31. The summed E-state index contributed by atoms with van der Waals surface area (Å²) >= 11 is 5.92. The Balaban J connectivity index is 1.67. The highest BCUT2D eigenvalue weighted by molar-refractivity contribution is 6.30. The average molecular weight is 471 g/mol. The first-order valence-corrected chi connectivity index (χ1v) is 10.6. The van der Waals surface area contributed by atoms with Gasteiger partial charge in [0, 0.05) is 35.9 Å².